The molecule has 0 bridgehead atoms. The molecule has 0 aliphatic carbocycles. The van der Waals surface area contributed by atoms with Crippen LogP contribution in [-0.4, -0.2) is 24.7 Å². The summed E-state index contributed by atoms with van der Waals surface area (Å²) >= 11 is 0. The molecule has 4 heteroatoms. The van der Waals surface area contributed by atoms with Crippen molar-refractivity contribution in [3.05, 3.63) is 71.7 Å². The standard InChI is InChI=1S/C20H24FN3/c1-22-11-6-12-23-13-17-15-24(20-10-5-3-8-18(17)20)14-16-7-2-4-9-19(16)21/h2-5,7-10,15,22-23H,6,11-14H2,1H3. The van der Waals surface area contributed by atoms with Crippen molar-refractivity contribution in [1.82, 2.24) is 15.2 Å². The van der Waals surface area contributed by atoms with Gasteiger partial charge >= 0.3 is 0 Å². The summed E-state index contributed by atoms with van der Waals surface area (Å²) in [6.07, 6.45) is 3.24. The second-order valence-corrected chi connectivity index (χ2v) is 6.02. The number of hydrogen-bond acceptors (Lipinski definition) is 2. The highest BCUT2D eigenvalue weighted by Crippen LogP contribution is 2.23. The SMILES string of the molecule is CNCCCNCc1cn(Cc2ccccc2F)c2ccccc12. The zero-order chi connectivity index (χ0) is 16.8. The van der Waals surface area contributed by atoms with Crippen molar-refractivity contribution in [2.45, 2.75) is 19.5 Å². The van der Waals surface area contributed by atoms with Gasteiger partial charge in [-0.1, -0.05) is 36.4 Å². The summed E-state index contributed by atoms with van der Waals surface area (Å²) in [6.45, 7) is 3.37. The first-order valence-electron chi connectivity index (χ1n) is 8.45. The molecular weight excluding hydrogens is 301 g/mol. The van der Waals surface area contributed by atoms with Gasteiger partial charge in [-0.05, 0) is 44.3 Å². The van der Waals surface area contributed by atoms with E-state index in [2.05, 4.69) is 39.6 Å². The van der Waals surface area contributed by atoms with E-state index in [1.807, 2.05) is 25.2 Å². The number of fused-ring (bicyclic) bond motifs is 1. The summed E-state index contributed by atoms with van der Waals surface area (Å²) in [4.78, 5) is 0. The van der Waals surface area contributed by atoms with Gasteiger partial charge in [-0.15, -0.1) is 0 Å². The van der Waals surface area contributed by atoms with Gasteiger partial charge in [-0.3, -0.25) is 0 Å². The van der Waals surface area contributed by atoms with Crippen LogP contribution in [0.15, 0.2) is 54.7 Å². The Bertz CT molecular complexity index is 794. The third kappa shape index (κ3) is 3.83. The van der Waals surface area contributed by atoms with Crippen LogP contribution in [0.3, 0.4) is 0 Å². The first-order valence-corrected chi connectivity index (χ1v) is 8.45. The van der Waals surface area contributed by atoms with Crippen molar-refractivity contribution in [2.24, 2.45) is 0 Å². The van der Waals surface area contributed by atoms with Crippen LogP contribution in [0.5, 0.6) is 0 Å². The molecule has 1 aromatic heterocycles. The lowest BCUT2D eigenvalue weighted by atomic mass is 10.2. The predicted octanol–water partition coefficient (Wildman–Crippen LogP) is 3.53. The van der Waals surface area contributed by atoms with E-state index >= 15 is 0 Å². The molecule has 0 unspecified atom stereocenters. The van der Waals surface area contributed by atoms with Crippen molar-refractivity contribution in [1.29, 1.82) is 0 Å². The minimum atomic E-state index is -0.151. The maximum Gasteiger partial charge on any atom is 0.128 e. The maximum absolute atomic E-state index is 14.0. The summed E-state index contributed by atoms with van der Waals surface area (Å²) in [5.74, 6) is -0.151. The Morgan fingerprint density at radius 2 is 1.75 bits per heavy atom. The van der Waals surface area contributed by atoms with Gasteiger partial charge in [0.1, 0.15) is 5.82 Å². The predicted molar refractivity (Wildman–Crippen MR) is 97.7 cm³/mol. The smallest absolute Gasteiger partial charge is 0.128 e. The number of halogens is 1. The van der Waals surface area contributed by atoms with E-state index < -0.39 is 0 Å². The highest BCUT2D eigenvalue weighted by Gasteiger charge is 2.09. The molecule has 0 atom stereocenters. The van der Waals surface area contributed by atoms with E-state index in [4.69, 9.17) is 0 Å². The summed E-state index contributed by atoms with van der Waals surface area (Å²) in [7, 11) is 1.97. The molecule has 0 radical (unpaired) electrons. The molecule has 2 aromatic carbocycles. The van der Waals surface area contributed by atoms with Crippen molar-refractivity contribution in [3.63, 3.8) is 0 Å². The number of aromatic nitrogens is 1. The number of benzene rings is 2. The fourth-order valence-electron chi connectivity index (χ4n) is 3.02. The van der Waals surface area contributed by atoms with E-state index in [9.17, 15) is 4.39 Å². The zero-order valence-corrected chi connectivity index (χ0v) is 14.1. The molecule has 3 rings (SSSR count). The number of hydrogen-bond donors (Lipinski definition) is 2. The highest BCUT2D eigenvalue weighted by molar-refractivity contribution is 5.84. The van der Waals surface area contributed by atoms with Crippen LogP contribution in [0.2, 0.25) is 0 Å². The third-order valence-corrected chi connectivity index (χ3v) is 4.27. The van der Waals surface area contributed by atoms with Crippen LogP contribution in [0.4, 0.5) is 4.39 Å². The molecule has 24 heavy (non-hydrogen) atoms. The van der Waals surface area contributed by atoms with Gasteiger partial charge in [0, 0.05) is 29.2 Å². The Labute approximate surface area is 142 Å². The lowest BCUT2D eigenvalue weighted by Crippen LogP contribution is -2.19. The molecular formula is C20H24FN3. The quantitative estimate of drug-likeness (QED) is 0.620. The lowest BCUT2D eigenvalue weighted by Gasteiger charge is -2.06. The van der Waals surface area contributed by atoms with Gasteiger partial charge < -0.3 is 15.2 Å². The molecule has 3 nitrogen and oxygen atoms in total. The van der Waals surface area contributed by atoms with Gasteiger partial charge in [0.15, 0.2) is 0 Å². The molecule has 0 saturated heterocycles. The largest absolute Gasteiger partial charge is 0.343 e. The second-order valence-electron chi connectivity index (χ2n) is 6.02. The number of rotatable bonds is 8. The van der Waals surface area contributed by atoms with Crippen LogP contribution in [0.1, 0.15) is 17.5 Å². The van der Waals surface area contributed by atoms with Gasteiger partial charge in [0.2, 0.25) is 0 Å². The van der Waals surface area contributed by atoms with Crippen LogP contribution in [0.25, 0.3) is 10.9 Å². The topological polar surface area (TPSA) is 29.0 Å². The van der Waals surface area contributed by atoms with Crippen LogP contribution >= 0.6 is 0 Å². The van der Waals surface area contributed by atoms with Crippen molar-refractivity contribution in [2.75, 3.05) is 20.1 Å². The fraction of sp³-hybridized carbons (Fsp3) is 0.300. The molecule has 0 aliphatic rings. The Kier molecular flexibility index (Phi) is 5.62. The summed E-state index contributed by atoms with van der Waals surface area (Å²) in [5, 5.41) is 7.87. The number of nitrogens with one attached hydrogen (secondary N) is 2. The van der Waals surface area contributed by atoms with E-state index in [1.165, 1.54) is 17.0 Å². The van der Waals surface area contributed by atoms with Gasteiger partial charge in [0.05, 0.1) is 6.54 Å². The molecule has 3 aromatic rings. The normalized spacial score (nSPS) is 11.2. The Balaban J connectivity index is 1.80. The minimum absolute atomic E-state index is 0.151. The molecule has 0 saturated carbocycles. The van der Waals surface area contributed by atoms with E-state index in [0.717, 1.165) is 31.6 Å². The summed E-state index contributed by atoms with van der Waals surface area (Å²) < 4.78 is 16.1. The molecule has 0 fully saturated rings. The van der Waals surface area contributed by atoms with Gasteiger partial charge in [-0.25, -0.2) is 4.39 Å². The average molecular weight is 325 g/mol. The number of nitrogens with zero attached hydrogens (tertiary/aromatic N) is 1. The summed E-state index contributed by atoms with van der Waals surface area (Å²) in [5.41, 5.74) is 3.12. The van der Waals surface area contributed by atoms with Gasteiger partial charge in [-0.2, -0.15) is 0 Å². The van der Waals surface area contributed by atoms with Crippen LogP contribution in [0, 0.1) is 5.82 Å². The summed E-state index contributed by atoms with van der Waals surface area (Å²) in [6, 6.07) is 15.3. The molecule has 0 amide bonds. The second kappa shape index (κ2) is 8.08. The van der Waals surface area contributed by atoms with Crippen molar-refractivity contribution >= 4 is 10.9 Å². The fourth-order valence-corrected chi connectivity index (χ4v) is 3.02. The van der Waals surface area contributed by atoms with Gasteiger partial charge in [0.25, 0.3) is 0 Å². The van der Waals surface area contributed by atoms with E-state index in [0.29, 0.717) is 12.1 Å². The van der Waals surface area contributed by atoms with Crippen molar-refractivity contribution < 1.29 is 4.39 Å². The molecule has 0 aliphatic heterocycles. The first-order chi connectivity index (χ1) is 11.8. The molecule has 2 N–H and O–H groups in total. The van der Waals surface area contributed by atoms with E-state index in [-0.39, 0.29) is 5.82 Å². The lowest BCUT2D eigenvalue weighted by molar-refractivity contribution is 0.601. The third-order valence-electron chi connectivity index (χ3n) is 4.27. The zero-order valence-electron chi connectivity index (χ0n) is 14.1. The minimum Gasteiger partial charge on any atom is -0.343 e. The molecule has 1 heterocycles. The Morgan fingerprint density at radius 3 is 2.58 bits per heavy atom. The maximum atomic E-state index is 14.0. The monoisotopic (exact) mass is 325 g/mol. The first kappa shape index (κ1) is 16.7. The van der Waals surface area contributed by atoms with Crippen LogP contribution < -0.4 is 10.6 Å². The molecule has 0 spiro atoms. The van der Waals surface area contributed by atoms with E-state index in [1.54, 1.807) is 6.07 Å². The average Bonchev–Trinajstić information content (AvgIpc) is 2.95. The highest BCUT2D eigenvalue weighted by atomic mass is 19.1. The Morgan fingerprint density at radius 1 is 0.958 bits per heavy atom. The van der Waals surface area contributed by atoms with Crippen molar-refractivity contribution in [3.8, 4) is 0 Å². The Hall–Kier alpha value is -2.17. The van der Waals surface area contributed by atoms with Crippen LogP contribution in [-0.2, 0) is 13.1 Å². The number of para-hydroxylation sites is 1. The molecule has 126 valence electrons.